The number of hydrogen-bond acceptors (Lipinski definition) is 10. The van der Waals surface area contributed by atoms with Crippen molar-refractivity contribution in [3.8, 4) is 0 Å². The maximum absolute atomic E-state index is 8.56. The Labute approximate surface area is 107 Å². The van der Waals surface area contributed by atoms with Crippen molar-refractivity contribution in [2.45, 2.75) is 0 Å². The molecule has 15 heteroatoms. The molecule has 0 saturated carbocycles. The van der Waals surface area contributed by atoms with Gasteiger partial charge in [0.15, 0.2) is 0 Å². The predicted molar refractivity (Wildman–Crippen MR) is 10.8 cm³/mol. The summed E-state index contributed by atoms with van der Waals surface area (Å²) in [6.45, 7) is 0. The molecule has 0 atom stereocenters. The topological polar surface area (TPSA) is 225 Å². The molecule has 4 N–H and O–H groups in total. The fourth-order valence-corrected chi connectivity index (χ4v) is 0. The Morgan fingerprint density at radius 2 is 0.600 bits per heavy atom. The van der Waals surface area contributed by atoms with Crippen molar-refractivity contribution in [2.24, 2.45) is 0 Å². The van der Waals surface area contributed by atoms with Gasteiger partial charge < -0.3 is 6.15 Å². The van der Waals surface area contributed by atoms with Gasteiger partial charge in [0.1, 0.15) is 0 Å². The van der Waals surface area contributed by atoms with Gasteiger partial charge in [-0.2, -0.15) is 0 Å². The van der Waals surface area contributed by atoms with Crippen molar-refractivity contribution in [3.05, 3.63) is 0 Å². The summed E-state index contributed by atoms with van der Waals surface area (Å²) in [6, 6.07) is 0. The van der Waals surface area contributed by atoms with Crippen LogP contribution in [0.25, 0.3) is 0 Å². The van der Waals surface area contributed by atoms with Crippen LogP contribution in [0, 0.1) is 0 Å². The first-order valence-electron chi connectivity index (χ1n) is 1.83. The molecule has 11 nitrogen and oxygen atoms in total. The zero-order chi connectivity index (χ0) is 12.7. The first-order chi connectivity index (χ1) is 6.20. The number of hydrogen-bond donors (Lipinski definition) is 1. The van der Waals surface area contributed by atoms with E-state index in [1.165, 1.54) is 0 Å². The van der Waals surface area contributed by atoms with Gasteiger partial charge in [-0.1, -0.05) is 0 Å². The molecule has 0 heterocycles. The Morgan fingerprint density at radius 3 is 0.600 bits per heavy atom. The summed E-state index contributed by atoms with van der Waals surface area (Å²) >= 11 is -10.8. The average Bonchev–Trinajstić information content (AvgIpc) is 1.86. The molecule has 0 radical (unpaired) electrons. The van der Waals surface area contributed by atoms with Gasteiger partial charge in [-0.3, -0.25) is 0 Å². The second kappa shape index (κ2) is 29.3. The molecule has 0 aromatic heterocycles. The van der Waals surface area contributed by atoms with E-state index in [9.17, 15) is 0 Å². The van der Waals surface area contributed by atoms with E-state index in [0.29, 0.717) is 0 Å². The molecule has 0 aromatic rings. The first-order valence-corrected chi connectivity index (χ1v) is 7.53. The normalized spacial score (nSPS) is 5.40. The van der Waals surface area contributed by atoms with Gasteiger partial charge in [-0.05, 0) is 0 Å². The van der Waals surface area contributed by atoms with Gasteiger partial charge >= 0.3 is 101 Å². The van der Waals surface area contributed by atoms with E-state index in [1.807, 2.05) is 0 Å². The third kappa shape index (κ3) is 3990. The summed E-state index contributed by atoms with van der Waals surface area (Å²) < 4.78 is 85.2. The second-order valence-electron chi connectivity index (χ2n) is 0.671. The summed E-state index contributed by atoms with van der Waals surface area (Å²) in [5, 5.41) is 0. The van der Waals surface area contributed by atoms with E-state index in [4.69, 9.17) is 37.8 Å². The van der Waals surface area contributed by atoms with Gasteiger partial charge in [0.25, 0.3) is 0 Å². The van der Waals surface area contributed by atoms with E-state index in [-0.39, 0.29) is 6.15 Å². The van der Waals surface area contributed by atoms with Crippen LogP contribution in [0.15, 0.2) is 0 Å². The summed E-state index contributed by atoms with van der Waals surface area (Å²) in [5.41, 5.74) is 0. The number of rotatable bonds is 0. The molecule has 0 aromatic carbocycles. The van der Waals surface area contributed by atoms with E-state index >= 15 is 0 Å². The first kappa shape index (κ1) is 29.7. The molecule has 0 saturated heterocycles. The molecule has 0 spiro atoms. The zero-order valence-corrected chi connectivity index (χ0v) is 12.5. The molecular weight excluding hydrogens is 378 g/mol. The van der Waals surface area contributed by atoms with Gasteiger partial charge in [0.2, 0.25) is 0 Å². The Bertz CT molecular complexity index is 223. The van der Waals surface area contributed by atoms with Crippen molar-refractivity contribution in [2.75, 3.05) is 0 Å². The van der Waals surface area contributed by atoms with E-state index < -0.39 is 46.2 Å². The van der Waals surface area contributed by atoms with Crippen molar-refractivity contribution >= 4 is 0 Å². The van der Waals surface area contributed by atoms with Crippen LogP contribution in [0.2, 0.25) is 0 Å². The molecule has 0 amide bonds. The van der Waals surface area contributed by atoms with E-state index in [1.54, 1.807) is 0 Å². The number of quaternary nitrogens is 1. The van der Waals surface area contributed by atoms with Gasteiger partial charge in [0, 0.05) is 0 Å². The Hall–Kier alpha value is 0.778. The average molecular weight is 382 g/mol. The quantitative estimate of drug-likeness (QED) is 0.427. The van der Waals surface area contributed by atoms with Crippen LogP contribution in [0.3, 0.4) is 0 Å². The van der Waals surface area contributed by atoms with Crippen LogP contribution in [0.1, 0.15) is 0 Å². The van der Waals surface area contributed by atoms with Gasteiger partial charge in [0.05, 0.1) is 0 Å². The minimum absolute atomic E-state index is 0. The van der Waals surface area contributed by atoms with Crippen LogP contribution in [-0.4, -0.2) is 0 Å². The molecule has 0 rings (SSSR count). The molecule has 89 valence electrons. The third-order valence-electron chi connectivity index (χ3n) is 0. The van der Waals surface area contributed by atoms with Crippen LogP contribution < -0.4 is 18.2 Å². The monoisotopic (exact) mass is 382 g/mol. The third-order valence-corrected chi connectivity index (χ3v) is 0. The predicted octanol–water partition coefficient (Wildman–Crippen LogP) is -4.03. The van der Waals surface area contributed by atoms with E-state index in [0.717, 1.165) is 17.4 Å². The van der Waals surface area contributed by atoms with Crippen LogP contribution in [-0.2, 0) is 89.3 Å². The Kier molecular flexibility index (Phi) is 58.0. The van der Waals surface area contributed by atoms with Crippen LogP contribution in [0.4, 0.5) is 0 Å². The standard InChI is InChI=1S/H3N.10O.4V/h1H3;;;;;;;;;;;;;;/q;;;;;;;;3*-1;;;;+2/p+1. The molecule has 0 aliphatic heterocycles. The summed E-state index contributed by atoms with van der Waals surface area (Å²) in [4.78, 5) is 0. The molecule has 0 aliphatic rings. The fraction of sp³-hybridized carbons (Fsp3) is 0. The fourth-order valence-electron chi connectivity index (χ4n) is 0. The summed E-state index contributed by atoms with van der Waals surface area (Å²) in [5.74, 6) is 0. The zero-order valence-electron chi connectivity index (χ0n) is 6.87. The van der Waals surface area contributed by atoms with E-state index in [2.05, 4.69) is 0 Å². The molecule has 0 aliphatic carbocycles. The summed E-state index contributed by atoms with van der Waals surface area (Å²) in [6.07, 6.45) is 0. The van der Waals surface area contributed by atoms with Crippen molar-refractivity contribution in [1.29, 1.82) is 0 Å². The van der Waals surface area contributed by atoms with Gasteiger partial charge in [-0.15, -0.1) is 0 Å². The minimum atomic E-state index is -3.94. The van der Waals surface area contributed by atoms with Crippen LogP contribution >= 0.6 is 0 Å². The second-order valence-corrected chi connectivity index (χ2v) is 2.77. The maximum atomic E-state index is 8.56. The van der Waals surface area contributed by atoms with Crippen molar-refractivity contribution < 1.29 is 101 Å². The molecule has 15 heavy (non-hydrogen) atoms. The van der Waals surface area contributed by atoms with Crippen molar-refractivity contribution in [1.82, 2.24) is 6.15 Å². The SMILES string of the molecule is [NH4+].[O]=[V+2].[O]=[V](=[O])[O-].[O]=[V](=[O])[O-].[O]=[V](=[O])[O-]. The molecular formula is H4NO10V4. The Morgan fingerprint density at radius 1 is 0.600 bits per heavy atom. The molecule has 0 unspecified atom stereocenters. The molecule has 0 fully saturated rings. The Balaban J connectivity index is -0.0000000298. The van der Waals surface area contributed by atoms with Crippen molar-refractivity contribution in [3.63, 3.8) is 0 Å². The van der Waals surface area contributed by atoms with Crippen LogP contribution in [0.5, 0.6) is 0 Å². The van der Waals surface area contributed by atoms with Gasteiger partial charge in [-0.25, -0.2) is 0 Å². The summed E-state index contributed by atoms with van der Waals surface area (Å²) in [7, 11) is 0. The molecule has 0 bridgehead atoms.